The molecule has 2 heterocycles. The van der Waals surface area contributed by atoms with Crippen molar-refractivity contribution in [3.8, 4) is 0 Å². The second kappa shape index (κ2) is 9.67. The van der Waals surface area contributed by atoms with E-state index < -0.39 is 15.9 Å². The fourth-order valence-corrected chi connectivity index (χ4v) is 5.74. The zero-order chi connectivity index (χ0) is 23.6. The van der Waals surface area contributed by atoms with Gasteiger partial charge >= 0.3 is 0 Å². The number of carbonyl (C=O) groups is 1. The fraction of sp³-hybridized carbons (Fsp3) is 0.333. The van der Waals surface area contributed by atoms with Gasteiger partial charge in [0.2, 0.25) is 10.0 Å². The fourth-order valence-electron chi connectivity index (χ4n) is 3.95. The molecule has 1 aliphatic heterocycles. The number of hydrogen-bond acceptors (Lipinski definition) is 4. The molecule has 1 aliphatic rings. The van der Waals surface area contributed by atoms with Gasteiger partial charge in [-0.05, 0) is 55.5 Å². The Bertz CT molecular complexity index is 1230. The number of benzene rings is 2. The predicted octanol–water partition coefficient (Wildman–Crippen LogP) is 4.57. The van der Waals surface area contributed by atoms with Crippen molar-refractivity contribution in [3.05, 3.63) is 76.6 Å². The van der Waals surface area contributed by atoms with Crippen molar-refractivity contribution >= 4 is 33.2 Å². The van der Waals surface area contributed by atoms with Crippen molar-refractivity contribution in [3.63, 3.8) is 0 Å². The Morgan fingerprint density at radius 3 is 2.36 bits per heavy atom. The zero-order valence-electron chi connectivity index (χ0n) is 18.7. The largest absolute Gasteiger partial charge is 0.322 e. The summed E-state index contributed by atoms with van der Waals surface area (Å²) in [6, 6.07) is 16.0. The van der Waals surface area contributed by atoms with Crippen LogP contribution in [0.4, 0.5) is 5.69 Å². The molecule has 0 unspecified atom stereocenters. The molecule has 174 valence electrons. The van der Waals surface area contributed by atoms with E-state index in [2.05, 4.69) is 17.3 Å². The maximum atomic E-state index is 12.9. The highest BCUT2D eigenvalue weighted by Crippen LogP contribution is 2.26. The van der Waals surface area contributed by atoms with Gasteiger partial charge in [0.25, 0.3) is 5.91 Å². The smallest absolute Gasteiger partial charge is 0.260 e. The van der Waals surface area contributed by atoms with Crippen LogP contribution in [0.2, 0.25) is 5.15 Å². The summed E-state index contributed by atoms with van der Waals surface area (Å²) in [6.07, 6.45) is 1.73. The molecule has 2 aromatic carbocycles. The van der Waals surface area contributed by atoms with Gasteiger partial charge in [-0.25, -0.2) is 13.1 Å². The first-order valence-corrected chi connectivity index (χ1v) is 12.8. The number of piperidine rings is 1. The van der Waals surface area contributed by atoms with Crippen LogP contribution in [-0.2, 0) is 16.6 Å². The number of rotatable bonds is 6. The first-order chi connectivity index (χ1) is 15.8. The number of anilines is 1. The monoisotopic (exact) mass is 486 g/mol. The van der Waals surface area contributed by atoms with Gasteiger partial charge in [-0.15, -0.1) is 0 Å². The quantitative estimate of drug-likeness (QED) is 0.553. The maximum Gasteiger partial charge on any atom is 0.260 e. The van der Waals surface area contributed by atoms with E-state index in [0.29, 0.717) is 42.5 Å². The van der Waals surface area contributed by atoms with E-state index in [1.165, 1.54) is 16.4 Å². The molecule has 0 saturated carbocycles. The highest BCUT2D eigenvalue weighted by atomic mass is 35.5. The van der Waals surface area contributed by atoms with Crippen LogP contribution in [0.3, 0.4) is 0 Å². The Kier molecular flexibility index (Phi) is 6.88. The van der Waals surface area contributed by atoms with Crippen LogP contribution < -0.4 is 5.32 Å². The summed E-state index contributed by atoms with van der Waals surface area (Å²) in [5, 5.41) is 7.46. The molecule has 0 bridgehead atoms. The normalized spacial score (nSPS) is 15.5. The molecule has 3 aromatic rings. The molecule has 0 aliphatic carbocycles. The number of aryl methyl sites for hydroxylation is 1. The molecule has 1 fully saturated rings. The molecule has 1 saturated heterocycles. The molecular formula is C24H27ClN4O3S. The highest BCUT2D eigenvalue weighted by molar-refractivity contribution is 7.89. The van der Waals surface area contributed by atoms with E-state index in [9.17, 15) is 13.2 Å². The summed E-state index contributed by atoms with van der Waals surface area (Å²) in [4.78, 5) is 13.1. The standard InChI is InChI=1S/C24H27ClN4O3S/c1-17-12-14-28(15-13-17)33(31,32)21-10-8-20(9-11-21)26-24(30)22-18(2)27-29(23(22)25)16-19-6-4-3-5-7-19/h3-11,17H,12-16H2,1-2H3,(H,26,30). The van der Waals surface area contributed by atoms with Gasteiger partial charge in [0.15, 0.2) is 0 Å². The van der Waals surface area contributed by atoms with E-state index in [4.69, 9.17) is 11.6 Å². The van der Waals surface area contributed by atoms with Crippen LogP contribution >= 0.6 is 11.6 Å². The Balaban J connectivity index is 1.47. The second-order valence-electron chi connectivity index (χ2n) is 8.46. The van der Waals surface area contributed by atoms with Crippen LogP contribution in [0.15, 0.2) is 59.5 Å². The van der Waals surface area contributed by atoms with Gasteiger partial charge in [-0.2, -0.15) is 9.40 Å². The number of nitrogens with one attached hydrogen (secondary N) is 1. The summed E-state index contributed by atoms with van der Waals surface area (Å²) >= 11 is 6.48. The minimum Gasteiger partial charge on any atom is -0.322 e. The van der Waals surface area contributed by atoms with Gasteiger partial charge in [0.05, 0.1) is 22.7 Å². The van der Waals surface area contributed by atoms with Crippen LogP contribution in [0.25, 0.3) is 0 Å². The van der Waals surface area contributed by atoms with Gasteiger partial charge in [0, 0.05) is 18.8 Å². The Labute approximate surface area is 199 Å². The third-order valence-corrected chi connectivity index (χ3v) is 8.26. The minimum atomic E-state index is -3.54. The molecule has 0 atom stereocenters. The van der Waals surface area contributed by atoms with E-state index in [1.807, 2.05) is 30.3 Å². The van der Waals surface area contributed by atoms with E-state index in [-0.39, 0.29) is 10.0 Å². The number of carbonyl (C=O) groups excluding carboxylic acids is 1. The topological polar surface area (TPSA) is 84.3 Å². The summed E-state index contributed by atoms with van der Waals surface area (Å²) < 4.78 is 28.9. The summed E-state index contributed by atoms with van der Waals surface area (Å²) in [6.45, 7) is 5.40. The van der Waals surface area contributed by atoms with Crippen LogP contribution in [0, 0.1) is 12.8 Å². The number of aromatic nitrogens is 2. The first-order valence-electron chi connectivity index (χ1n) is 10.9. The van der Waals surface area contributed by atoms with E-state index >= 15 is 0 Å². The summed E-state index contributed by atoms with van der Waals surface area (Å²) in [7, 11) is -3.54. The van der Waals surface area contributed by atoms with Crippen LogP contribution in [0.1, 0.15) is 41.4 Å². The minimum absolute atomic E-state index is 0.222. The summed E-state index contributed by atoms with van der Waals surface area (Å²) in [5.74, 6) is 0.152. The first kappa shape index (κ1) is 23.5. The molecule has 0 spiro atoms. The van der Waals surface area contributed by atoms with Gasteiger partial charge in [-0.3, -0.25) is 4.79 Å². The van der Waals surface area contributed by atoms with Gasteiger partial charge < -0.3 is 5.32 Å². The molecular weight excluding hydrogens is 460 g/mol. The van der Waals surface area contributed by atoms with E-state index in [0.717, 1.165) is 18.4 Å². The third-order valence-electron chi connectivity index (χ3n) is 5.96. The predicted molar refractivity (Wildman–Crippen MR) is 129 cm³/mol. The van der Waals surface area contributed by atoms with E-state index in [1.54, 1.807) is 23.7 Å². The molecule has 9 heteroatoms. The highest BCUT2D eigenvalue weighted by Gasteiger charge is 2.28. The average molecular weight is 487 g/mol. The van der Waals surface area contributed by atoms with Crippen LogP contribution in [0.5, 0.6) is 0 Å². The summed E-state index contributed by atoms with van der Waals surface area (Å²) in [5.41, 5.74) is 2.32. The average Bonchev–Trinajstić information content (AvgIpc) is 3.08. The Morgan fingerprint density at radius 2 is 1.73 bits per heavy atom. The van der Waals surface area contributed by atoms with Gasteiger partial charge in [-0.1, -0.05) is 48.9 Å². The molecule has 1 amide bonds. The number of amides is 1. The maximum absolute atomic E-state index is 12.9. The molecule has 7 nitrogen and oxygen atoms in total. The second-order valence-corrected chi connectivity index (χ2v) is 10.8. The molecule has 1 N–H and O–H groups in total. The van der Waals surface area contributed by atoms with Crippen molar-refractivity contribution in [2.45, 2.75) is 38.1 Å². The SMILES string of the molecule is Cc1nn(Cc2ccccc2)c(Cl)c1C(=O)Nc1ccc(S(=O)(=O)N2CCC(C)CC2)cc1. The number of halogens is 1. The van der Waals surface area contributed by atoms with Crippen molar-refractivity contribution in [2.24, 2.45) is 5.92 Å². The van der Waals surface area contributed by atoms with Crippen molar-refractivity contribution in [1.29, 1.82) is 0 Å². The number of hydrogen-bond donors (Lipinski definition) is 1. The van der Waals surface area contributed by atoms with Crippen molar-refractivity contribution in [1.82, 2.24) is 14.1 Å². The lowest BCUT2D eigenvalue weighted by Crippen LogP contribution is -2.37. The molecule has 0 radical (unpaired) electrons. The third kappa shape index (κ3) is 5.13. The van der Waals surface area contributed by atoms with Crippen molar-refractivity contribution in [2.75, 3.05) is 18.4 Å². The molecule has 1 aromatic heterocycles. The van der Waals surface area contributed by atoms with Crippen molar-refractivity contribution < 1.29 is 13.2 Å². The number of sulfonamides is 1. The zero-order valence-corrected chi connectivity index (χ0v) is 20.2. The Morgan fingerprint density at radius 1 is 1.09 bits per heavy atom. The van der Waals surface area contributed by atoms with Gasteiger partial charge in [0.1, 0.15) is 5.15 Å². The van der Waals surface area contributed by atoms with Crippen LogP contribution in [-0.4, -0.2) is 41.5 Å². The lowest BCUT2D eigenvalue weighted by Gasteiger charge is -2.29. The molecule has 33 heavy (non-hydrogen) atoms. The molecule has 4 rings (SSSR count). The number of nitrogens with zero attached hydrogens (tertiary/aromatic N) is 3. The lowest BCUT2D eigenvalue weighted by molar-refractivity contribution is 0.102. The lowest BCUT2D eigenvalue weighted by atomic mass is 10.0. The Hall–Kier alpha value is -2.68.